The number of rotatable bonds is 7. The van der Waals surface area contributed by atoms with E-state index >= 15 is 0 Å². The van der Waals surface area contributed by atoms with Gasteiger partial charge in [0.25, 0.3) is 0 Å². The quantitative estimate of drug-likeness (QED) is 0.580. The molecule has 0 fully saturated rings. The van der Waals surface area contributed by atoms with Gasteiger partial charge >= 0.3 is 17.8 Å². The van der Waals surface area contributed by atoms with Gasteiger partial charge in [-0.1, -0.05) is 30.3 Å². The van der Waals surface area contributed by atoms with E-state index in [0.717, 1.165) is 5.56 Å². The summed E-state index contributed by atoms with van der Waals surface area (Å²) in [5.74, 6) is -1.39. The Kier molecular flexibility index (Phi) is 5.78. The van der Waals surface area contributed by atoms with E-state index in [9.17, 15) is 14.4 Å². The third-order valence-electron chi connectivity index (χ3n) is 4.42. The molecule has 0 saturated carbocycles. The first-order valence-electron chi connectivity index (χ1n) is 8.85. The molecule has 2 amide bonds. The Hall–Kier alpha value is -3.55. The maximum atomic E-state index is 12.4. The van der Waals surface area contributed by atoms with Gasteiger partial charge in [0.15, 0.2) is 5.58 Å². The topological polar surface area (TPSA) is 114 Å². The highest BCUT2D eigenvalue weighted by Gasteiger charge is 2.15. The van der Waals surface area contributed by atoms with E-state index in [4.69, 9.17) is 9.52 Å². The Morgan fingerprint density at radius 2 is 1.93 bits per heavy atom. The molecule has 3 N–H and O–H groups in total. The molecular weight excluding hydrogens is 362 g/mol. The van der Waals surface area contributed by atoms with Crippen molar-refractivity contribution in [2.45, 2.75) is 25.3 Å². The van der Waals surface area contributed by atoms with Crippen LogP contribution in [0.5, 0.6) is 0 Å². The number of hydrogen-bond acceptors (Lipinski definition) is 4. The number of urea groups is 1. The minimum Gasteiger partial charge on any atom is -0.481 e. The van der Waals surface area contributed by atoms with Crippen LogP contribution < -0.4 is 16.4 Å². The predicted octanol–water partition coefficient (Wildman–Crippen LogP) is 2.73. The molecule has 8 heteroatoms. The van der Waals surface area contributed by atoms with E-state index in [1.165, 1.54) is 4.57 Å². The van der Waals surface area contributed by atoms with E-state index in [0.29, 0.717) is 29.6 Å². The second-order valence-corrected chi connectivity index (χ2v) is 6.53. The third kappa shape index (κ3) is 4.79. The normalized spacial score (nSPS) is 11.9. The molecule has 8 nitrogen and oxygen atoms in total. The highest BCUT2D eigenvalue weighted by molar-refractivity contribution is 5.91. The zero-order valence-electron chi connectivity index (χ0n) is 15.3. The lowest BCUT2D eigenvalue weighted by Gasteiger charge is -2.18. The monoisotopic (exact) mass is 383 g/mol. The summed E-state index contributed by atoms with van der Waals surface area (Å²) < 4.78 is 6.49. The average molecular weight is 383 g/mol. The van der Waals surface area contributed by atoms with E-state index in [-0.39, 0.29) is 12.5 Å². The summed E-state index contributed by atoms with van der Waals surface area (Å²) in [5, 5.41) is 14.5. The number of benzene rings is 2. The number of carbonyl (C=O) groups excluding carboxylic acids is 1. The Morgan fingerprint density at radius 3 is 2.64 bits per heavy atom. The molecule has 0 spiro atoms. The SMILES string of the molecule is Cn1c(=O)oc2cc(NC(=O)NC(CCC(=O)O)Cc3ccccc3)ccc21. The van der Waals surface area contributed by atoms with Crippen molar-refractivity contribution in [3.63, 3.8) is 0 Å². The molecule has 28 heavy (non-hydrogen) atoms. The Labute approximate surface area is 160 Å². The van der Waals surface area contributed by atoms with Crippen molar-refractivity contribution in [2.75, 3.05) is 5.32 Å². The van der Waals surface area contributed by atoms with Crippen LogP contribution in [0.15, 0.2) is 57.7 Å². The van der Waals surface area contributed by atoms with E-state index in [1.54, 1.807) is 25.2 Å². The summed E-state index contributed by atoms with van der Waals surface area (Å²) in [6, 6.07) is 13.7. The molecule has 3 rings (SSSR count). The number of hydrogen-bond donors (Lipinski definition) is 3. The van der Waals surface area contributed by atoms with Crippen LogP contribution in [0, 0.1) is 0 Å². The molecule has 3 aromatic rings. The zero-order chi connectivity index (χ0) is 20.1. The predicted molar refractivity (Wildman–Crippen MR) is 104 cm³/mol. The van der Waals surface area contributed by atoms with E-state index in [1.807, 2.05) is 30.3 Å². The number of carbonyl (C=O) groups is 2. The van der Waals surface area contributed by atoms with Crippen molar-refractivity contribution >= 4 is 28.8 Å². The van der Waals surface area contributed by atoms with Crippen LogP contribution in [0.1, 0.15) is 18.4 Å². The minimum atomic E-state index is -0.912. The van der Waals surface area contributed by atoms with Crippen LogP contribution in [-0.4, -0.2) is 27.7 Å². The van der Waals surface area contributed by atoms with Crippen molar-refractivity contribution in [3.8, 4) is 0 Å². The number of aryl methyl sites for hydroxylation is 1. The van der Waals surface area contributed by atoms with Gasteiger partial charge in [0, 0.05) is 31.3 Å². The maximum absolute atomic E-state index is 12.4. The third-order valence-corrected chi connectivity index (χ3v) is 4.42. The first-order valence-corrected chi connectivity index (χ1v) is 8.85. The van der Waals surface area contributed by atoms with Gasteiger partial charge in [0.1, 0.15) is 0 Å². The molecule has 0 radical (unpaired) electrons. The van der Waals surface area contributed by atoms with Gasteiger partial charge in [0.05, 0.1) is 5.52 Å². The number of nitrogens with one attached hydrogen (secondary N) is 2. The number of nitrogens with zero attached hydrogens (tertiary/aromatic N) is 1. The smallest absolute Gasteiger partial charge is 0.419 e. The molecule has 2 aromatic carbocycles. The second kappa shape index (κ2) is 8.43. The van der Waals surface area contributed by atoms with Gasteiger partial charge in [-0.2, -0.15) is 0 Å². The fourth-order valence-corrected chi connectivity index (χ4v) is 2.99. The summed E-state index contributed by atoms with van der Waals surface area (Å²) in [7, 11) is 1.60. The second-order valence-electron chi connectivity index (χ2n) is 6.53. The number of amides is 2. The number of aliphatic carboxylic acids is 1. The lowest BCUT2D eigenvalue weighted by molar-refractivity contribution is -0.137. The highest BCUT2D eigenvalue weighted by atomic mass is 16.4. The van der Waals surface area contributed by atoms with Crippen molar-refractivity contribution < 1.29 is 19.1 Å². The van der Waals surface area contributed by atoms with Gasteiger partial charge < -0.3 is 20.2 Å². The Morgan fingerprint density at radius 1 is 1.18 bits per heavy atom. The van der Waals surface area contributed by atoms with Gasteiger partial charge in [-0.15, -0.1) is 0 Å². The van der Waals surface area contributed by atoms with Crippen molar-refractivity contribution in [2.24, 2.45) is 7.05 Å². The van der Waals surface area contributed by atoms with Gasteiger partial charge in [-0.25, -0.2) is 9.59 Å². The number of carboxylic acid groups (broad SMARTS) is 1. The molecule has 1 atom stereocenters. The number of oxazole rings is 1. The first kappa shape index (κ1) is 19.2. The van der Waals surface area contributed by atoms with Crippen LogP contribution in [0.4, 0.5) is 10.5 Å². The molecule has 0 aliphatic heterocycles. The van der Waals surface area contributed by atoms with Gasteiger partial charge in [-0.05, 0) is 30.5 Å². The highest BCUT2D eigenvalue weighted by Crippen LogP contribution is 2.18. The summed E-state index contributed by atoms with van der Waals surface area (Å²) in [4.78, 5) is 34.9. The summed E-state index contributed by atoms with van der Waals surface area (Å²) >= 11 is 0. The van der Waals surface area contributed by atoms with Crippen molar-refractivity contribution in [1.82, 2.24) is 9.88 Å². The van der Waals surface area contributed by atoms with Crippen LogP contribution in [0.3, 0.4) is 0 Å². The van der Waals surface area contributed by atoms with Crippen molar-refractivity contribution in [3.05, 3.63) is 64.6 Å². The summed E-state index contributed by atoms with van der Waals surface area (Å²) in [6.45, 7) is 0. The van der Waals surface area contributed by atoms with Crippen molar-refractivity contribution in [1.29, 1.82) is 0 Å². The molecule has 1 unspecified atom stereocenters. The number of anilines is 1. The Bertz CT molecular complexity index is 1040. The average Bonchev–Trinajstić information content (AvgIpc) is 2.94. The number of fused-ring (bicyclic) bond motifs is 1. The largest absolute Gasteiger partial charge is 0.481 e. The molecule has 1 heterocycles. The molecular formula is C20H21N3O5. The summed E-state index contributed by atoms with van der Waals surface area (Å²) in [6.07, 6.45) is 0.789. The molecule has 0 saturated heterocycles. The van der Waals surface area contributed by atoms with Gasteiger partial charge in [0.2, 0.25) is 0 Å². The number of carboxylic acids is 1. The van der Waals surface area contributed by atoms with Gasteiger partial charge in [-0.3, -0.25) is 9.36 Å². The van der Waals surface area contributed by atoms with E-state index < -0.39 is 17.8 Å². The van der Waals surface area contributed by atoms with Crippen LogP contribution in [0.25, 0.3) is 11.1 Å². The minimum absolute atomic E-state index is 0.0427. The lowest BCUT2D eigenvalue weighted by atomic mass is 10.0. The maximum Gasteiger partial charge on any atom is 0.419 e. The number of aromatic nitrogens is 1. The Balaban J connectivity index is 1.68. The zero-order valence-corrected chi connectivity index (χ0v) is 15.3. The van der Waals surface area contributed by atoms with E-state index in [2.05, 4.69) is 10.6 Å². The molecule has 146 valence electrons. The molecule has 0 bridgehead atoms. The fourth-order valence-electron chi connectivity index (χ4n) is 2.99. The first-order chi connectivity index (χ1) is 13.4. The van der Waals surface area contributed by atoms with Crippen LogP contribution in [-0.2, 0) is 18.3 Å². The lowest BCUT2D eigenvalue weighted by Crippen LogP contribution is -2.39. The fraction of sp³-hybridized carbons (Fsp3) is 0.250. The van der Waals surface area contributed by atoms with Crippen LogP contribution in [0.2, 0.25) is 0 Å². The van der Waals surface area contributed by atoms with Crippen LogP contribution >= 0.6 is 0 Å². The molecule has 0 aliphatic rings. The molecule has 1 aromatic heterocycles. The molecule has 0 aliphatic carbocycles. The summed E-state index contributed by atoms with van der Waals surface area (Å²) in [5.41, 5.74) is 2.47. The standard InChI is InChI=1S/C20H21N3O5/c1-23-16-9-7-15(12-17(16)28-20(23)27)22-19(26)21-14(8-10-18(24)25)11-13-5-3-2-4-6-13/h2-7,9,12,14H,8,10-11H2,1H3,(H,24,25)(H2,21,22,26).